The number of anilines is 1. The number of aromatic nitrogens is 4. The molecular formula is C22H16F5N5O. The van der Waals surface area contributed by atoms with Gasteiger partial charge in [0.2, 0.25) is 5.92 Å². The lowest BCUT2D eigenvalue weighted by atomic mass is 9.79. The van der Waals surface area contributed by atoms with E-state index in [4.69, 9.17) is 0 Å². The highest BCUT2D eigenvalue weighted by atomic mass is 19.3. The van der Waals surface area contributed by atoms with Gasteiger partial charge in [-0.3, -0.25) is 14.5 Å². The highest BCUT2D eigenvalue weighted by Crippen LogP contribution is 2.48. The minimum Gasteiger partial charge on any atom is -0.359 e. The van der Waals surface area contributed by atoms with Crippen LogP contribution in [-0.4, -0.2) is 31.6 Å². The molecule has 0 unspecified atom stereocenters. The number of hydrogen-bond acceptors (Lipinski definition) is 3. The van der Waals surface area contributed by atoms with Gasteiger partial charge in [0.15, 0.2) is 11.6 Å². The fraction of sp³-hybridized carbons (Fsp3) is 0.227. The zero-order valence-electron chi connectivity index (χ0n) is 16.9. The monoisotopic (exact) mass is 461 g/mol. The number of benzene rings is 1. The molecule has 4 aromatic rings. The van der Waals surface area contributed by atoms with E-state index in [-0.39, 0.29) is 23.5 Å². The first-order valence-corrected chi connectivity index (χ1v) is 10.0. The van der Waals surface area contributed by atoms with Gasteiger partial charge < -0.3 is 10.3 Å². The second-order valence-corrected chi connectivity index (χ2v) is 8.07. The van der Waals surface area contributed by atoms with E-state index in [1.807, 2.05) is 0 Å². The van der Waals surface area contributed by atoms with Crippen LogP contribution in [0.15, 0.2) is 43.0 Å². The first-order valence-electron chi connectivity index (χ1n) is 10.0. The Morgan fingerprint density at radius 3 is 2.61 bits per heavy atom. The van der Waals surface area contributed by atoms with Gasteiger partial charge in [-0.05, 0) is 17.7 Å². The van der Waals surface area contributed by atoms with Gasteiger partial charge in [-0.25, -0.2) is 22.0 Å². The molecule has 6 nitrogen and oxygen atoms in total. The Balaban J connectivity index is 1.27. The molecular weight excluding hydrogens is 445 g/mol. The molecule has 33 heavy (non-hydrogen) atoms. The fourth-order valence-corrected chi connectivity index (χ4v) is 3.90. The molecule has 1 aliphatic carbocycles. The average molecular weight is 461 g/mol. The summed E-state index contributed by atoms with van der Waals surface area (Å²) in [6.45, 7) is 0.107. The second-order valence-electron chi connectivity index (χ2n) is 8.07. The Morgan fingerprint density at radius 2 is 1.88 bits per heavy atom. The van der Waals surface area contributed by atoms with Crippen molar-refractivity contribution in [1.82, 2.24) is 19.7 Å². The number of rotatable bonds is 5. The lowest BCUT2D eigenvalue weighted by Crippen LogP contribution is -2.34. The maximum Gasteiger partial charge on any atom is 0.258 e. The molecule has 0 saturated heterocycles. The van der Waals surface area contributed by atoms with Crippen molar-refractivity contribution in [2.24, 2.45) is 0 Å². The first kappa shape index (κ1) is 21.1. The summed E-state index contributed by atoms with van der Waals surface area (Å²) in [5, 5.41) is 6.99. The number of carbonyl (C=O) groups is 1. The highest BCUT2D eigenvalue weighted by Gasteiger charge is 2.47. The van der Waals surface area contributed by atoms with Gasteiger partial charge in [-0.15, -0.1) is 0 Å². The maximum atomic E-state index is 14.3. The number of hydrogen-bond donors (Lipinski definition) is 2. The minimum absolute atomic E-state index is 0.0280. The standard InChI is InChI=1S/C22H16F5N5O/c23-15-2-14-18(3-16(15)24)28-8-19(14)31-21(33)13-7-30-32(10-13)9-11-1-17(25)20(29-6-11)12-4-22(26,27)5-12/h1-3,6-8,10,12,28H,4-5,9H2,(H,31,33). The fourth-order valence-electron chi connectivity index (χ4n) is 3.90. The summed E-state index contributed by atoms with van der Waals surface area (Å²) < 4.78 is 68.7. The number of nitrogens with zero attached hydrogens (tertiary/aromatic N) is 3. The van der Waals surface area contributed by atoms with Gasteiger partial charge in [0.25, 0.3) is 5.91 Å². The summed E-state index contributed by atoms with van der Waals surface area (Å²) in [7, 11) is 0. The van der Waals surface area contributed by atoms with Crippen LogP contribution in [0, 0.1) is 17.5 Å². The van der Waals surface area contributed by atoms with Crippen molar-refractivity contribution < 1.29 is 26.7 Å². The van der Waals surface area contributed by atoms with Crippen LogP contribution in [0.4, 0.5) is 27.6 Å². The topological polar surface area (TPSA) is 75.6 Å². The number of fused-ring (bicyclic) bond motifs is 1. The molecule has 0 bridgehead atoms. The number of carbonyl (C=O) groups excluding carboxylic acids is 1. The van der Waals surface area contributed by atoms with Gasteiger partial charge in [-0.1, -0.05) is 0 Å². The first-order chi connectivity index (χ1) is 15.7. The molecule has 5 rings (SSSR count). The minimum atomic E-state index is -2.76. The largest absolute Gasteiger partial charge is 0.359 e. The molecule has 1 aromatic carbocycles. The van der Waals surface area contributed by atoms with Crippen LogP contribution in [0.1, 0.15) is 40.4 Å². The second kappa shape index (κ2) is 7.68. The normalized spacial score (nSPS) is 15.5. The number of aromatic amines is 1. The molecule has 11 heteroatoms. The van der Waals surface area contributed by atoms with Crippen molar-refractivity contribution in [3.05, 3.63) is 77.3 Å². The van der Waals surface area contributed by atoms with Crippen LogP contribution in [0.2, 0.25) is 0 Å². The van der Waals surface area contributed by atoms with E-state index in [1.54, 1.807) is 0 Å². The predicted molar refractivity (Wildman–Crippen MR) is 109 cm³/mol. The van der Waals surface area contributed by atoms with Crippen LogP contribution in [0.25, 0.3) is 10.9 Å². The van der Waals surface area contributed by atoms with Crippen LogP contribution in [0.5, 0.6) is 0 Å². The predicted octanol–water partition coefficient (Wildman–Crippen LogP) is 4.99. The van der Waals surface area contributed by atoms with Crippen LogP contribution >= 0.6 is 0 Å². The number of pyridine rings is 1. The van der Waals surface area contributed by atoms with Crippen LogP contribution in [-0.2, 0) is 6.54 Å². The third-order valence-electron chi connectivity index (χ3n) is 5.61. The van der Waals surface area contributed by atoms with Crippen molar-refractivity contribution in [2.45, 2.75) is 31.2 Å². The van der Waals surface area contributed by atoms with E-state index in [0.717, 1.165) is 12.1 Å². The van der Waals surface area contributed by atoms with Crippen molar-refractivity contribution in [3.63, 3.8) is 0 Å². The molecule has 0 atom stereocenters. The Hall–Kier alpha value is -3.76. The van der Waals surface area contributed by atoms with Gasteiger partial charge in [-0.2, -0.15) is 5.10 Å². The quantitative estimate of drug-likeness (QED) is 0.411. The van der Waals surface area contributed by atoms with Crippen molar-refractivity contribution in [2.75, 3.05) is 5.32 Å². The van der Waals surface area contributed by atoms with Gasteiger partial charge >= 0.3 is 0 Å². The summed E-state index contributed by atoms with van der Waals surface area (Å²) in [5.74, 6) is -6.58. The summed E-state index contributed by atoms with van der Waals surface area (Å²) in [5.41, 5.74) is 1.26. The molecule has 0 aliphatic heterocycles. The zero-order chi connectivity index (χ0) is 23.3. The summed E-state index contributed by atoms with van der Waals surface area (Å²) in [4.78, 5) is 19.3. The van der Waals surface area contributed by atoms with E-state index in [1.165, 1.54) is 35.5 Å². The van der Waals surface area contributed by atoms with Crippen LogP contribution in [0.3, 0.4) is 0 Å². The number of halogens is 5. The van der Waals surface area contributed by atoms with Gasteiger partial charge in [0.1, 0.15) is 5.82 Å². The van der Waals surface area contributed by atoms with Crippen LogP contribution < -0.4 is 5.32 Å². The van der Waals surface area contributed by atoms with Gasteiger partial charge in [0.05, 0.1) is 35.2 Å². The Labute approximate surface area is 183 Å². The molecule has 1 aliphatic rings. The third-order valence-corrected chi connectivity index (χ3v) is 5.61. The van der Waals surface area contributed by atoms with E-state index in [0.29, 0.717) is 16.5 Å². The molecule has 1 saturated carbocycles. The Bertz CT molecular complexity index is 1370. The molecule has 1 amide bonds. The Morgan fingerprint density at radius 1 is 1.12 bits per heavy atom. The average Bonchev–Trinajstić information content (AvgIpc) is 3.34. The smallest absolute Gasteiger partial charge is 0.258 e. The van der Waals surface area contributed by atoms with Crippen molar-refractivity contribution in [1.29, 1.82) is 0 Å². The summed E-state index contributed by atoms with van der Waals surface area (Å²) in [6.07, 6.45) is 4.73. The molecule has 2 N–H and O–H groups in total. The summed E-state index contributed by atoms with van der Waals surface area (Å²) in [6, 6.07) is 3.20. The maximum absolute atomic E-state index is 14.3. The number of alkyl halides is 2. The molecule has 3 aromatic heterocycles. The highest BCUT2D eigenvalue weighted by molar-refractivity contribution is 6.08. The zero-order valence-corrected chi connectivity index (χ0v) is 16.9. The van der Waals surface area contributed by atoms with Crippen molar-refractivity contribution in [3.8, 4) is 0 Å². The molecule has 170 valence electrons. The lowest BCUT2D eigenvalue weighted by molar-refractivity contribution is -0.0882. The summed E-state index contributed by atoms with van der Waals surface area (Å²) >= 11 is 0. The van der Waals surface area contributed by atoms with Gasteiger partial charge in [0, 0.05) is 48.8 Å². The third kappa shape index (κ3) is 4.06. The number of amides is 1. The Kier molecular flexibility index (Phi) is 4.91. The number of nitrogens with one attached hydrogen (secondary N) is 2. The number of H-pyrrole nitrogens is 1. The van der Waals surface area contributed by atoms with E-state index in [2.05, 4.69) is 20.4 Å². The SMILES string of the molecule is O=C(Nc1c[nH]c2cc(F)c(F)cc12)c1cnn(Cc2cnc(C3CC(F)(F)C3)c(F)c2)c1. The van der Waals surface area contributed by atoms with E-state index >= 15 is 0 Å². The van der Waals surface area contributed by atoms with Crippen molar-refractivity contribution >= 4 is 22.5 Å². The lowest BCUT2D eigenvalue weighted by Gasteiger charge is -2.34. The molecule has 3 heterocycles. The van der Waals surface area contributed by atoms with E-state index in [9.17, 15) is 26.7 Å². The molecule has 0 spiro atoms. The van der Waals surface area contributed by atoms with E-state index < -0.39 is 48.0 Å². The molecule has 1 fully saturated rings. The molecule has 0 radical (unpaired) electrons.